The van der Waals surface area contributed by atoms with E-state index in [1.54, 1.807) is 12.1 Å². The molecule has 1 saturated heterocycles. The van der Waals surface area contributed by atoms with E-state index < -0.39 is 0 Å². The van der Waals surface area contributed by atoms with E-state index in [1.807, 2.05) is 10.7 Å². The molecule has 1 aliphatic heterocycles. The van der Waals surface area contributed by atoms with Crippen LogP contribution >= 0.6 is 0 Å². The van der Waals surface area contributed by atoms with Crippen molar-refractivity contribution >= 4 is 5.82 Å². The number of aryl methyl sites for hydroxylation is 1. The number of rotatable bonds is 9. The average molecular weight is 402 g/mol. The van der Waals surface area contributed by atoms with Gasteiger partial charge in [-0.25, -0.2) is 9.07 Å². The van der Waals surface area contributed by atoms with Crippen molar-refractivity contribution in [3.05, 3.63) is 41.3 Å². The van der Waals surface area contributed by atoms with Crippen molar-refractivity contribution in [2.24, 2.45) is 5.92 Å². The lowest BCUT2D eigenvalue weighted by atomic mass is 10.1. The van der Waals surface area contributed by atoms with Gasteiger partial charge in [0.15, 0.2) is 0 Å². The maximum atomic E-state index is 14.0. The van der Waals surface area contributed by atoms with Crippen LogP contribution < -0.4 is 10.2 Å². The largest absolute Gasteiger partial charge is 0.354 e. The van der Waals surface area contributed by atoms with E-state index in [-0.39, 0.29) is 5.82 Å². The monoisotopic (exact) mass is 401 g/mol. The van der Waals surface area contributed by atoms with Gasteiger partial charge in [-0.3, -0.25) is 0 Å². The van der Waals surface area contributed by atoms with Gasteiger partial charge in [-0.05, 0) is 43.6 Å². The highest BCUT2D eigenvalue weighted by atomic mass is 19.1. The molecule has 0 radical (unpaired) electrons. The van der Waals surface area contributed by atoms with Crippen molar-refractivity contribution in [2.75, 3.05) is 44.2 Å². The zero-order valence-electron chi connectivity index (χ0n) is 18.4. The predicted octanol–water partition coefficient (Wildman–Crippen LogP) is 3.85. The molecular weight excluding hydrogens is 365 g/mol. The van der Waals surface area contributed by atoms with Crippen LogP contribution in [0.2, 0.25) is 0 Å². The molecule has 1 N–H and O–H groups in total. The van der Waals surface area contributed by atoms with E-state index >= 15 is 0 Å². The molecule has 0 aliphatic carbocycles. The normalized spacial score (nSPS) is 15.4. The first-order valence-corrected chi connectivity index (χ1v) is 11.1. The van der Waals surface area contributed by atoms with Crippen LogP contribution in [0.5, 0.6) is 0 Å². The van der Waals surface area contributed by atoms with Crippen LogP contribution in [-0.4, -0.2) is 53.9 Å². The predicted molar refractivity (Wildman–Crippen MR) is 118 cm³/mol. The first-order chi connectivity index (χ1) is 14.0. The van der Waals surface area contributed by atoms with E-state index in [4.69, 9.17) is 5.10 Å². The van der Waals surface area contributed by atoms with Gasteiger partial charge < -0.3 is 15.1 Å². The van der Waals surface area contributed by atoms with Crippen molar-refractivity contribution in [3.63, 3.8) is 0 Å². The number of hydrogen-bond donors (Lipinski definition) is 1. The molecule has 1 aliphatic rings. The Hall–Kier alpha value is -1.92. The molecule has 0 unspecified atom stereocenters. The number of halogens is 1. The van der Waals surface area contributed by atoms with Gasteiger partial charge in [0.25, 0.3) is 0 Å². The van der Waals surface area contributed by atoms with E-state index in [9.17, 15) is 4.39 Å². The summed E-state index contributed by atoms with van der Waals surface area (Å²) in [5, 5.41) is 8.59. The Morgan fingerprint density at radius 1 is 1.14 bits per heavy atom. The van der Waals surface area contributed by atoms with Gasteiger partial charge >= 0.3 is 0 Å². The molecule has 5 nitrogen and oxygen atoms in total. The Bertz CT molecular complexity index is 778. The van der Waals surface area contributed by atoms with Crippen molar-refractivity contribution in [1.82, 2.24) is 20.0 Å². The molecule has 0 bridgehead atoms. The molecule has 1 aromatic heterocycles. The number of aromatic nitrogens is 2. The van der Waals surface area contributed by atoms with Gasteiger partial charge in [-0.15, -0.1) is 0 Å². The minimum atomic E-state index is -0.226. The SMILES string of the molecule is CCCc1nn(-c2cccc(F)c2)c(N2CCN(CC)CC2)c1CNCC(C)C. The van der Waals surface area contributed by atoms with Crippen molar-refractivity contribution in [2.45, 2.75) is 47.1 Å². The lowest BCUT2D eigenvalue weighted by Crippen LogP contribution is -2.47. The van der Waals surface area contributed by atoms with Crippen molar-refractivity contribution in [3.8, 4) is 5.69 Å². The van der Waals surface area contributed by atoms with Crippen LogP contribution in [0.4, 0.5) is 10.2 Å². The second-order valence-corrected chi connectivity index (χ2v) is 8.34. The summed E-state index contributed by atoms with van der Waals surface area (Å²) >= 11 is 0. The van der Waals surface area contributed by atoms with Gasteiger partial charge in [0.05, 0.1) is 11.4 Å². The summed E-state index contributed by atoms with van der Waals surface area (Å²) in [5.41, 5.74) is 3.19. The van der Waals surface area contributed by atoms with E-state index in [1.165, 1.54) is 11.6 Å². The number of nitrogens with zero attached hydrogens (tertiary/aromatic N) is 4. The molecule has 2 heterocycles. The van der Waals surface area contributed by atoms with Crippen LogP contribution in [0.15, 0.2) is 24.3 Å². The summed E-state index contributed by atoms with van der Waals surface area (Å²) in [5.74, 6) is 1.50. The zero-order valence-corrected chi connectivity index (χ0v) is 18.4. The van der Waals surface area contributed by atoms with Crippen LogP contribution in [-0.2, 0) is 13.0 Å². The Labute approximate surface area is 174 Å². The van der Waals surface area contributed by atoms with E-state index in [2.05, 4.69) is 42.8 Å². The van der Waals surface area contributed by atoms with Crippen LogP contribution in [0, 0.1) is 11.7 Å². The average Bonchev–Trinajstić information content (AvgIpc) is 3.06. The van der Waals surface area contributed by atoms with Gasteiger partial charge in [0, 0.05) is 38.3 Å². The van der Waals surface area contributed by atoms with Crippen molar-refractivity contribution < 1.29 is 4.39 Å². The second-order valence-electron chi connectivity index (χ2n) is 8.34. The molecule has 2 aromatic rings. The van der Waals surface area contributed by atoms with Crippen LogP contribution in [0.25, 0.3) is 5.69 Å². The Morgan fingerprint density at radius 2 is 1.90 bits per heavy atom. The standard InChI is InChI=1S/C23H36FN5/c1-5-8-22-21(17-25-16-18(3)4)23(28-13-11-27(6-2)12-14-28)29(26-22)20-10-7-9-19(24)15-20/h7,9-10,15,18,25H,5-6,8,11-14,16-17H2,1-4H3. The fraction of sp³-hybridized carbons (Fsp3) is 0.609. The number of likely N-dealkylation sites (N-methyl/N-ethyl adjacent to an activating group) is 1. The van der Waals surface area contributed by atoms with Gasteiger partial charge in [0.2, 0.25) is 0 Å². The molecule has 6 heteroatoms. The van der Waals surface area contributed by atoms with Crippen molar-refractivity contribution in [1.29, 1.82) is 0 Å². The molecule has 0 amide bonds. The first-order valence-electron chi connectivity index (χ1n) is 11.1. The summed E-state index contributed by atoms with van der Waals surface area (Å²) in [6.45, 7) is 15.7. The lowest BCUT2D eigenvalue weighted by Gasteiger charge is -2.36. The second kappa shape index (κ2) is 10.2. The number of anilines is 1. The minimum absolute atomic E-state index is 0.226. The lowest BCUT2D eigenvalue weighted by molar-refractivity contribution is 0.270. The Morgan fingerprint density at radius 3 is 2.52 bits per heavy atom. The van der Waals surface area contributed by atoms with Gasteiger partial charge in [-0.1, -0.05) is 40.2 Å². The van der Waals surface area contributed by atoms with E-state index in [0.29, 0.717) is 5.92 Å². The third-order valence-corrected chi connectivity index (χ3v) is 5.55. The molecule has 1 fully saturated rings. The molecule has 160 valence electrons. The van der Waals surface area contributed by atoms with Gasteiger partial charge in [-0.2, -0.15) is 5.10 Å². The Kier molecular flexibility index (Phi) is 7.67. The summed E-state index contributed by atoms with van der Waals surface area (Å²) in [6, 6.07) is 6.79. The molecule has 3 rings (SSSR count). The van der Waals surface area contributed by atoms with Gasteiger partial charge in [0.1, 0.15) is 11.6 Å². The number of hydrogen-bond acceptors (Lipinski definition) is 4. The topological polar surface area (TPSA) is 36.3 Å². The van der Waals surface area contributed by atoms with Crippen LogP contribution in [0.3, 0.4) is 0 Å². The number of nitrogens with one attached hydrogen (secondary N) is 1. The highest BCUT2D eigenvalue weighted by molar-refractivity contribution is 5.56. The minimum Gasteiger partial charge on any atom is -0.354 e. The summed E-state index contributed by atoms with van der Waals surface area (Å²) in [6.07, 6.45) is 1.98. The quantitative estimate of drug-likeness (QED) is 0.692. The smallest absolute Gasteiger partial charge is 0.137 e. The molecule has 0 saturated carbocycles. The first kappa shape index (κ1) is 21.8. The third-order valence-electron chi connectivity index (χ3n) is 5.55. The molecule has 0 atom stereocenters. The molecule has 29 heavy (non-hydrogen) atoms. The fourth-order valence-corrected chi connectivity index (χ4v) is 3.98. The Balaban J connectivity index is 2.01. The molecule has 1 aromatic carbocycles. The highest BCUT2D eigenvalue weighted by Crippen LogP contribution is 2.30. The number of benzene rings is 1. The fourth-order valence-electron chi connectivity index (χ4n) is 3.98. The maximum Gasteiger partial charge on any atom is 0.137 e. The summed E-state index contributed by atoms with van der Waals surface area (Å²) in [4.78, 5) is 4.92. The number of piperazine rings is 1. The zero-order chi connectivity index (χ0) is 20.8. The van der Waals surface area contributed by atoms with E-state index in [0.717, 1.165) is 75.9 Å². The molecular formula is C23H36FN5. The highest BCUT2D eigenvalue weighted by Gasteiger charge is 2.26. The molecule has 0 spiro atoms. The maximum absolute atomic E-state index is 14.0. The third kappa shape index (κ3) is 5.37. The summed E-state index contributed by atoms with van der Waals surface area (Å²) in [7, 11) is 0. The van der Waals surface area contributed by atoms with Crippen LogP contribution in [0.1, 0.15) is 45.4 Å². The summed E-state index contributed by atoms with van der Waals surface area (Å²) < 4.78 is 16.0.